The van der Waals surface area contributed by atoms with Crippen molar-refractivity contribution in [2.45, 2.75) is 32.7 Å². The van der Waals surface area contributed by atoms with Crippen LogP contribution in [0.15, 0.2) is 29.1 Å². The summed E-state index contributed by atoms with van der Waals surface area (Å²) >= 11 is 0. The molecule has 1 N–H and O–H groups in total. The minimum atomic E-state index is -0.505. The van der Waals surface area contributed by atoms with E-state index in [9.17, 15) is 14.0 Å². The number of carbonyl (C=O) groups is 1. The van der Waals surface area contributed by atoms with Crippen molar-refractivity contribution in [1.29, 1.82) is 0 Å². The van der Waals surface area contributed by atoms with Crippen molar-refractivity contribution in [3.8, 4) is 5.75 Å². The molecule has 2 heterocycles. The van der Waals surface area contributed by atoms with Crippen molar-refractivity contribution in [2.24, 2.45) is 0 Å². The second-order valence-electron chi connectivity index (χ2n) is 5.92. The van der Waals surface area contributed by atoms with Gasteiger partial charge in [0.25, 0.3) is 11.5 Å². The fourth-order valence-electron chi connectivity index (χ4n) is 3.06. The Hall–Kier alpha value is -2.63. The van der Waals surface area contributed by atoms with Gasteiger partial charge in [0.05, 0.1) is 12.8 Å². The van der Waals surface area contributed by atoms with E-state index in [1.54, 1.807) is 16.7 Å². The predicted molar refractivity (Wildman–Crippen MR) is 89.3 cm³/mol. The molecule has 0 saturated heterocycles. The number of pyridine rings is 1. The van der Waals surface area contributed by atoms with Gasteiger partial charge in [0.2, 0.25) is 0 Å². The summed E-state index contributed by atoms with van der Waals surface area (Å²) in [7, 11) is 1.42. The van der Waals surface area contributed by atoms with Gasteiger partial charge in [0, 0.05) is 18.3 Å². The molecule has 1 aliphatic rings. The van der Waals surface area contributed by atoms with Crippen LogP contribution in [0.2, 0.25) is 0 Å². The summed E-state index contributed by atoms with van der Waals surface area (Å²) < 4.78 is 20.8. The summed E-state index contributed by atoms with van der Waals surface area (Å²) in [6.45, 7) is 2.40. The van der Waals surface area contributed by atoms with Crippen LogP contribution in [0.4, 0.5) is 10.1 Å². The highest BCUT2D eigenvalue weighted by atomic mass is 19.1. The number of aryl methyl sites for hydroxylation is 1. The van der Waals surface area contributed by atoms with Gasteiger partial charge in [-0.25, -0.2) is 4.39 Å². The molecule has 1 amide bonds. The van der Waals surface area contributed by atoms with Gasteiger partial charge in [0.1, 0.15) is 17.1 Å². The molecule has 0 unspecified atom stereocenters. The highest BCUT2D eigenvalue weighted by Crippen LogP contribution is 2.26. The first-order chi connectivity index (χ1) is 11.5. The average Bonchev–Trinajstić information content (AvgIpc) is 2.58. The second-order valence-corrected chi connectivity index (χ2v) is 5.92. The minimum absolute atomic E-state index is 0.114. The van der Waals surface area contributed by atoms with Gasteiger partial charge >= 0.3 is 0 Å². The van der Waals surface area contributed by atoms with Gasteiger partial charge in [-0.05, 0) is 43.9 Å². The number of amides is 1. The Bertz CT molecular complexity index is 858. The normalized spacial score (nSPS) is 13.3. The Morgan fingerprint density at radius 2 is 2.08 bits per heavy atom. The van der Waals surface area contributed by atoms with Crippen LogP contribution >= 0.6 is 0 Å². The Balaban J connectivity index is 2.06. The first kappa shape index (κ1) is 16.2. The molecule has 1 aromatic heterocycles. The van der Waals surface area contributed by atoms with E-state index in [-0.39, 0.29) is 17.0 Å². The number of fused-ring (bicyclic) bond motifs is 1. The van der Waals surface area contributed by atoms with Crippen LogP contribution in [0, 0.1) is 12.7 Å². The lowest BCUT2D eigenvalue weighted by Gasteiger charge is -2.22. The lowest BCUT2D eigenvalue weighted by molar-refractivity contribution is 0.102. The van der Waals surface area contributed by atoms with Gasteiger partial charge in [0.15, 0.2) is 0 Å². The minimum Gasteiger partial charge on any atom is -0.496 e. The fourth-order valence-corrected chi connectivity index (χ4v) is 3.06. The van der Waals surface area contributed by atoms with Crippen molar-refractivity contribution in [2.75, 3.05) is 12.4 Å². The molecule has 0 spiro atoms. The number of anilines is 1. The van der Waals surface area contributed by atoms with E-state index in [2.05, 4.69) is 5.32 Å². The van der Waals surface area contributed by atoms with Crippen LogP contribution in [-0.4, -0.2) is 17.6 Å². The maximum absolute atomic E-state index is 13.9. The van der Waals surface area contributed by atoms with Crippen LogP contribution in [-0.2, 0) is 13.0 Å². The summed E-state index contributed by atoms with van der Waals surface area (Å²) in [5.74, 6) is -0.754. The summed E-state index contributed by atoms with van der Waals surface area (Å²) in [5, 5.41) is 2.60. The van der Waals surface area contributed by atoms with Crippen molar-refractivity contribution < 1.29 is 13.9 Å². The molecule has 5 nitrogen and oxygen atoms in total. The summed E-state index contributed by atoms with van der Waals surface area (Å²) in [6.07, 6.45) is 2.41. The smallest absolute Gasteiger partial charge is 0.261 e. The zero-order valence-corrected chi connectivity index (χ0v) is 13.7. The standard InChI is InChI=1S/C18H19FN2O3/c1-11-6-7-12(19)13(9-11)20-18(23)17-14-5-3-4-8-21(14)16(22)10-15(17)24-2/h6-7,9-10H,3-5,8H2,1-2H3,(H,20,23). The zero-order chi connectivity index (χ0) is 17.3. The molecule has 0 bridgehead atoms. The Labute approximate surface area is 139 Å². The van der Waals surface area contributed by atoms with Crippen LogP contribution in [0.5, 0.6) is 5.75 Å². The number of aromatic nitrogens is 1. The monoisotopic (exact) mass is 330 g/mol. The number of carbonyl (C=O) groups excluding carboxylic acids is 1. The molecule has 2 aromatic rings. The number of benzene rings is 1. The van der Waals surface area contributed by atoms with E-state index in [4.69, 9.17) is 4.74 Å². The largest absolute Gasteiger partial charge is 0.496 e. The van der Waals surface area contributed by atoms with Crippen molar-refractivity contribution >= 4 is 11.6 Å². The molecule has 3 rings (SSSR count). The van der Waals surface area contributed by atoms with Crippen molar-refractivity contribution in [3.63, 3.8) is 0 Å². The third kappa shape index (κ3) is 2.91. The number of nitrogens with zero attached hydrogens (tertiary/aromatic N) is 1. The lowest BCUT2D eigenvalue weighted by Crippen LogP contribution is -2.30. The highest BCUT2D eigenvalue weighted by Gasteiger charge is 2.24. The molecule has 0 radical (unpaired) electrons. The summed E-state index contributed by atoms with van der Waals surface area (Å²) in [5.41, 5.74) is 1.72. The number of ether oxygens (including phenoxy) is 1. The third-order valence-electron chi connectivity index (χ3n) is 4.24. The SMILES string of the molecule is COc1cc(=O)n2c(c1C(=O)Nc1cc(C)ccc1F)CCCC2. The predicted octanol–water partition coefficient (Wildman–Crippen LogP) is 2.89. The number of methoxy groups -OCH3 is 1. The first-order valence-electron chi connectivity index (χ1n) is 7.89. The molecular weight excluding hydrogens is 311 g/mol. The van der Waals surface area contributed by atoms with Gasteiger partial charge < -0.3 is 14.6 Å². The molecule has 126 valence electrons. The Morgan fingerprint density at radius 1 is 1.29 bits per heavy atom. The highest BCUT2D eigenvalue weighted by molar-refractivity contribution is 6.07. The maximum Gasteiger partial charge on any atom is 0.261 e. The van der Waals surface area contributed by atoms with E-state index in [0.717, 1.165) is 18.4 Å². The molecule has 6 heteroatoms. The third-order valence-corrected chi connectivity index (χ3v) is 4.24. The molecule has 0 atom stereocenters. The van der Waals surface area contributed by atoms with E-state index in [1.165, 1.54) is 19.2 Å². The summed E-state index contributed by atoms with van der Waals surface area (Å²) in [6, 6.07) is 5.83. The van der Waals surface area contributed by atoms with Crippen LogP contribution in [0.3, 0.4) is 0 Å². The van der Waals surface area contributed by atoms with Crippen LogP contribution in [0.25, 0.3) is 0 Å². The maximum atomic E-state index is 13.9. The fraction of sp³-hybridized carbons (Fsp3) is 0.333. The van der Waals surface area contributed by atoms with Gasteiger partial charge in [-0.3, -0.25) is 9.59 Å². The number of halogens is 1. The zero-order valence-electron chi connectivity index (χ0n) is 13.7. The van der Waals surface area contributed by atoms with Gasteiger partial charge in [-0.2, -0.15) is 0 Å². The number of hydrogen-bond acceptors (Lipinski definition) is 3. The summed E-state index contributed by atoms with van der Waals surface area (Å²) in [4.78, 5) is 24.9. The van der Waals surface area contributed by atoms with E-state index >= 15 is 0 Å². The van der Waals surface area contributed by atoms with Gasteiger partial charge in [-0.15, -0.1) is 0 Å². The van der Waals surface area contributed by atoms with E-state index < -0.39 is 11.7 Å². The van der Waals surface area contributed by atoms with Crippen LogP contribution < -0.4 is 15.6 Å². The van der Waals surface area contributed by atoms with Gasteiger partial charge in [-0.1, -0.05) is 6.07 Å². The first-order valence-corrected chi connectivity index (χ1v) is 7.89. The second kappa shape index (κ2) is 6.47. The topological polar surface area (TPSA) is 60.3 Å². The molecule has 0 fully saturated rings. The van der Waals surface area contributed by atoms with Crippen molar-refractivity contribution in [3.05, 3.63) is 57.3 Å². The molecule has 0 aliphatic carbocycles. The number of nitrogens with one attached hydrogen (secondary N) is 1. The Kier molecular flexibility index (Phi) is 4.38. The average molecular weight is 330 g/mol. The molecule has 0 saturated carbocycles. The van der Waals surface area contributed by atoms with E-state index in [1.807, 2.05) is 6.92 Å². The van der Waals surface area contributed by atoms with Crippen LogP contribution in [0.1, 0.15) is 34.5 Å². The molecule has 1 aromatic carbocycles. The molecular formula is C18H19FN2O3. The number of hydrogen-bond donors (Lipinski definition) is 1. The quantitative estimate of drug-likeness (QED) is 0.941. The van der Waals surface area contributed by atoms with E-state index in [0.29, 0.717) is 24.2 Å². The van der Waals surface area contributed by atoms with Crippen molar-refractivity contribution in [1.82, 2.24) is 4.57 Å². The number of rotatable bonds is 3. The molecule has 1 aliphatic heterocycles. The lowest BCUT2D eigenvalue weighted by atomic mass is 10.0. The molecule has 24 heavy (non-hydrogen) atoms. The Morgan fingerprint density at radius 3 is 2.83 bits per heavy atom.